The van der Waals surface area contributed by atoms with Crippen molar-refractivity contribution in [3.63, 3.8) is 0 Å². The van der Waals surface area contributed by atoms with Crippen LogP contribution in [0, 0.1) is 5.92 Å². The topological polar surface area (TPSA) is 26.7 Å². The second-order valence-corrected chi connectivity index (χ2v) is 10.8. The summed E-state index contributed by atoms with van der Waals surface area (Å²) in [5.41, 5.74) is 3.65. The second kappa shape index (κ2) is 11.5. The number of nitrogens with zero attached hydrogens (tertiary/aromatic N) is 2. The van der Waals surface area contributed by atoms with Gasteiger partial charge in [0.25, 0.3) is 0 Å². The van der Waals surface area contributed by atoms with Gasteiger partial charge in [-0.15, -0.1) is 0 Å². The SMILES string of the molecule is CC(C)c1ccc(C(c2c(O)ccc3ccccc23)N2CCN(CCCCC3C=CC=C3)CC2)cc1. The molecule has 1 heterocycles. The van der Waals surface area contributed by atoms with Crippen molar-refractivity contribution in [3.8, 4) is 5.75 Å². The highest BCUT2D eigenvalue weighted by atomic mass is 16.3. The van der Waals surface area contributed by atoms with Crippen LogP contribution in [0.4, 0.5) is 0 Å². The fraction of sp³-hybridized carbons (Fsp3) is 0.394. The van der Waals surface area contributed by atoms with E-state index in [4.69, 9.17) is 0 Å². The lowest BCUT2D eigenvalue weighted by Crippen LogP contribution is -2.48. The number of unbranched alkanes of at least 4 members (excludes halogenated alkanes) is 1. The summed E-state index contributed by atoms with van der Waals surface area (Å²) in [5.74, 6) is 1.55. The standard InChI is InChI=1S/C33H40N2O/c1-25(2)27-14-16-29(17-15-27)33(32-30-13-6-5-12-28(30)18-19-31(32)36)35-23-21-34(22-24-35)20-8-7-11-26-9-3-4-10-26/h3-6,9-10,12-19,25-26,33,36H,7-8,11,20-24H2,1-2H3. The molecule has 1 fully saturated rings. The Morgan fingerprint density at radius 2 is 1.50 bits per heavy atom. The van der Waals surface area contributed by atoms with Gasteiger partial charge < -0.3 is 10.0 Å². The molecule has 2 aliphatic rings. The van der Waals surface area contributed by atoms with Crippen molar-refractivity contribution in [3.05, 3.63) is 102 Å². The van der Waals surface area contributed by atoms with Gasteiger partial charge in [-0.25, -0.2) is 0 Å². The lowest BCUT2D eigenvalue weighted by atomic mass is 9.90. The van der Waals surface area contributed by atoms with Crippen LogP contribution >= 0.6 is 0 Å². The molecule has 3 nitrogen and oxygen atoms in total. The first-order chi connectivity index (χ1) is 17.6. The predicted octanol–water partition coefficient (Wildman–Crippen LogP) is 7.29. The van der Waals surface area contributed by atoms with E-state index in [1.54, 1.807) is 0 Å². The molecule has 1 unspecified atom stereocenters. The number of phenols is 1. The van der Waals surface area contributed by atoms with Crippen LogP contribution < -0.4 is 0 Å². The van der Waals surface area contributed by atoms with E-state index in [-0.39, 0.29) is 6.04 Å². The maximum Gasteiger partial charge on any atom is 0.121 e. The van der Waals surface area contributed by atoms with Gasteiger partial charge >= 0.3 is 0 Å². The van der Waals surface area contributed by atoms with Crippen LogP contribution in [0.3, 0.4) is 0 Å². The van der Waals surface area contributed by atoms with E-state index in [1.165, 1.54) is 42.3 Å². The minimum absolute atomic E-state index is 0.0420. The molecule has 3 aromatic carbocycles. The molecule has 1 atom stereocenters. The average Bonchev–Trinajstić information content (AvgIpc) is 3.43. The Morgan fingerprint density at radius 1 is 0.806 bits per heavy atom. The third kappa shape index (κ3) is 5.58. The number of phenolic OH excluding ortho intramolecular Hbond substituents is 1. The fourth-order valence-electron chi connectivity index (χ4n) is 5.83. The Bertz CT molecular complexity index is 1190. The highest BCUT2D eigenvalue weighted by Gasteiger charge is 2.29. The fourth-order valence-corrected chi connectivity index (χ4v) is 5.83. The van der Waals surface area contributed by atoms with E-state index < -0.39 is 0 Å². The second-order valence-electron chi connectivity index (χ2n) is 10.8. The number of hydrogen-bond donors (Lipinski definition) is 1. The minimum atomic E-state index is 0.0420. The number of rotatable bonds is 9. The Labute approximate surface area is 216 Å². The third-order valence-electron chi connectivity index (χ3n) is 8.00. The Morgan fingerprint density at radius 3 is 2.22 bits per heavy atom. The van der Waals surface area contributed by atoms with Crippen molar-refractivity contribution in [2.75, 3.05) is 32.7 Å². The molecular weight excluding hydrogens is 440 g/mol. The first kappa shape index (κ1) is 24.8. The van der Waals surface area contributed by atoms with E-state index >= 15 is 0 Å². The molecule has 0 aromatic heterocycles. The molecule has 0 spiro atoms. The van der Waals surface area contributed by atoms with Crippen LogP contribution in [0.25, 0.3) is 10.8 Å². The largest absolute Gasteiger partial charge is 0.508 e. The molecule has 0 saturated carbocycles. The molecule has 1 N–H and O–H groups in total. The Kier molecular flexibility index (Phi) is 7.89. The molecular formula is C33H40N2O. The first-order valence-electron chi connectivity index (χ1n) is 13.7. The molecule has 5 rings (SSSR count). The summed E-state index contributed by atoms with van der Waals surface area (Å²) >= 11 is 0. The van der Waals surface area contributed by atoms with Crippen LogP contribution in [0.1, 0.15) is 61.8 Å². The first-order valence-corrected chi connectivity index (χ1v) is 13.7. The van der Waals surface area contributed by atoms with Crippen LogP contribution in [0.2, 0.25) is 0 Å². The molecule has 0 bridgehead atoms. The zero-order chi connectivity index (χ0) is 24.9. The quantitative estimate of drug-likeness (QED) is 0.326. The van der Waals surface area contributed by atoms with E-state index in [0.29, 0.717) is 17.6 Å². The smallest absolute Gasteiger partial charge is 0.121 e. The van der Waals surface area contributed by atoms with Crippen molar-refractivity contribution < 1.29 is 5.11 Å². The summed E-state index contributed by atoms with van der Waals surface area (Å²) in [6, 6.07) is 21.5. The summed E-state index contributed by atoms with van der Waals surface area (Å²) in [7, 11) is 0. The van der Waals surface area contributed by atoms with Gasteiger partial charge in [0, 0.05) is 31.7 Å². The van der Waals surface area contributed by atoms with Gasteiger partial charge in [0.2, 0.25) is 0 Å². The van der Waals surface area contributed by atoms with Gasteiger partial charge in [0.1, 0.15) is 5.75 Å². The van der Waals surface area contributed by atoms with Crippen LogP contribution in [-0.2, 0) is 0 Å². The summed E-state index contributed by atoms with van der Waals surface area (Å²) in [5, 5.41) is 13.5. The van der Waals surface area contributed by atoms with Crippen LogP contribution in [-0.4, -0.2) is 47.6 Å². The third-order valence-corrected chi connectivity index (χ3v) is 8.00. The molecule has 0 radical (unpaired) electrons. The number of benzene rings is 3. The van der Waals surface area contributed by atoms with Crippen molar-refractivity contribution >= 4 is 10.8 Å². The molecule has 3 heteroatoms. The highest BCUT2D eigenvalue weighted by molar-refractivity contribution is 5.88. The molecule has 1 saturated heterocycles. The number of fused-ring (bicyclic) bond motifs is 1. The summed E-state index contributed by atoms with van der Waals surface area (Å²) in [6.07, 6.45) is 12.8. The van der Waals surface area contributed by atoms with Gasteiger partial charge in [-0.05, 0) is 59.2 Å². The lowest BCUT2D eigenvalue weighted by Gasteiger charge is -2.40. The number of piperazine rings is 1. The van der Waals surface area contributed by atoms with Crippen molar-refractivity contribution in [2.24, 2.45) is 5.92 Å². The average molecular weight is 481 g/mol. The Hall–Kier alpha value is -2.88. The van der Waals surface area contributed by atoms with Crippen LogP contribution in [0.15, 0.2) is 85.0 Å². The minimum Gasteiger partial charge on any atom is -0.508 e. The monoisotopic (exact) mass is 480 g/mol. The molecule has 1 aliphatic heterocycles. The van der Waals surface area contributed by atoms with Crippen molar-refractivity contribution in [2.45, 2.75) is 45.1 Å². The van der Waals surface area contributed by atoms with Crippen molar-refractivity contribution in [1.82, 2.24) is 9.80 Å². The molecule has 188 valence electrons. The predicted molar refractivity (Wildman–Crippen MR) is 152 cm³/mol. The van der Waals surface area contributed by atoms with Gasteiger partial charge in [0.05, 0.1) is 6.04 Å². The Balaban J connectivity index is 1.34. The van der Waals surface area contributed by atoms with Gasteiger partial charge in [-0.1, -0.05) is 99.2 Å². The zero-order valence-corrected chi connectivity index (χ0v) is 21.8. The highest BCUT2D eigenvalue weighted by Crippen LogP contribution is 2.40. The van der Waals surface area contributed by atoms with E-state index in [0.717, 1.165) is 37.1 Å². The normalized spacial score (nSPS) is 18.0. The van der Waals surface area contributed by atoms with Gasteiger partial charge in [-0.2, -0.15) is 0 Å². The molecule has 0 amide bonds. The van der Waals surface area contributed by atoms with Gasteiger partial charge in [0.15, 0.2) is 0 Å². The number of hydrogen-bond acceptors (Lipinski definition) is 3. The maximum absolute atomic E-state index is 11.2. The lowest BCUT2D eigenvalue weighted by molar-refractivity contribution is 0.107. The number of allylic oxidation sites excluding steroid dienone is 4. The van der Waals surface area contributed by atoms with E-state index in [1.807, 2.05) is 12.1 Å². The van der Waals surface area contributed by atoms with E-state index in [9.17, 15) is 5.11 Å². The van der Waals surface area contributed by atoms with E-state index in [2.05, 4.69) is 96.5 Å². The summed E-state index contributed by atoms with van der Waals surface area (Å²) < 4.78 is 0. The maximum atomic E-state index is 11.2. The summed E-state index contributed by atoms with van der Waals surface area (Å²) in [4.78, 5) is 5.20. The molecule has 1 aliphatic carbocycles. The molecule has 3 aromatic rings. The number of aromatic hydroxyl groups is 1. The van der Waals surface area contributed by atoms with Gasteiger partial charge in [-0.3, -0.25) is 4.90 Å². The zero-order valence-electron chi connectivity index (χ0n) is 21.8. The van der Waals surface area contributed by atoms with Crippen molar-refractivity contribution in [1.29, 1.82) is 0 Å². The molecule has 36 heavy (non-hydrogen) atoms. The van der Waals surface area contributed by atoms with Crippen LogP contribution in [0.5, 0.6) is 5.75 Å². The summed E-state index contributed by atoms with van der Waals surface area (Å²) in [6.45, 7) is 9.83.